The fourth-order valence-corrected chi connectivity index (χ4v) is 1.62. The first-order valence-corrected chi connectivity index (χ1v) is 5.75. The lowest BCUT2D eigenvalue weighted by Gasteiger charge is -2.20. The third-order valence-electron chi connectivity index (χ3n) is 2.72. The molecular weight excluding hydrogens is 214 g/mol. The van der Waals surface area contributed by atoms with Gasteiger partial charge in [-0.3, -0.25) is 4.98 Å². The molecule has 0 saturated heterocycles. The summed E-state index contributed by atoms with van der Waals surface area (Å²) in [6, 6.07) is 4.03. The van der Waals surface area contributed by atoms with Gasteiger partial charge in [-0.1, -0.05) is 13.8 Å². The van der Waals surface area contributed by atoms with Crippen molar-refractivity contribution in [1.29, 1.82) is 0 Å². The van der Waals surface area contributed by atoms with E-state index in [0.29, 0.717) is 18.1 Å². The van der Waals surface area contributed by atoms with Crippen molar-refractivity contribution in [3.8, 4) is 0 Å². The van der Waals surface area contributed by atoms with Crippen LogP contribution < -0.4 is 11.1 Å². The molecule has 3 N–H and O–H groups in total. The Morgan fingerprint density at radius 1 is 1.24 bits per heavy atom. The van der Waals surface area contributed by atoms with Gasteiger partial charge in [-0.05, 0) is 18.1 Å². The van der Waals surface area contributed by atoms with E-state index in [2.05, 4.69) is 34.1 Å². The Bertz CT molecular complexity index is 497. The summed E-state index contributed by atoms with van der Waals surface area (Å²) in [5, 5.41) is 3.32. The number of hydrogen-bond donors (Lipinski definition) is 2. The van der Waals surface area contributed by atoms with Crippen LogP contribution >= 0.6 is 0 Å². The van der Waals surface area contributed by atoms with Crippen LogP contribution in [-0.4, -0.2) is 27.5 Å². The summed E-state index contributed by atoms with van der Waals surface area (Å²) in [5.41, 5.74) is 7.16. The summed E-state index contributed by atoms with van der Waals surface area (Å²) < 4.78 is 0. The highest BCUT2D eigenvalue weighted by Gasteiger charge is 2.11. The molecule has 0 bridgehead atoms. The van der Waals surface area contributed by atoms with E-state index in [-0.39, 0.29) is 6.04 Å². The molecule has 0 saturated carbocycles. The minimum Gasteiger partial charge on any atom is -0.366 e. The summed E-state index contributed by atoms with van der Waals surface area (Å²) in [4.78, 5) is 12.8. The van der Waals surface area contributed by atoms with E-state index in [1.165, 1.54) is 0 Å². The molecule has 1 unspecified atom stereocenters. The zero-order valence-electron chi connectivity index (χ0n) is 10.1. The molecule has 2 rings (SSSR count). The number of rotatable bonds is 4. The van der Waals surface area contributed by atoms with Crippen LogP contribution in [0.1, 0.15) is 13.8 Å². The van der Waals surface area contributed by atoms with E-state index >= 15 is 0 Å². The average molecular weight is 231 g/mol. The SMILES string of the molecule is CC(C)C(CN)Nc1ccc2nccnc2n1. The summed E-state index contributed by atoms with van der Waals surface area (Å²) in [6.07, 6.45) is 3.30. The third kappa shape index (κ3) is 2.68. The van der Waals surface area contributed by atoms with Gasteiger partial charge in [0.15, 0.2) is 5.65 Å². The molecule has 0 aliphatic rings. The van der Waals surface area contributed by atoms with Gasteiger partial charge in [0.1, 0.15) is 11.3 Å². The van der Waals surface area contributed by atoms with E-state index in [9.17, 15) is 0 Å². The minimum atomic E-state index is 0.219. The van der Waals surface area contributed by atoms with E-state index in [0.717, 1.165) is 11.3 Å². The van der Waals surface area contributed by atoms with Crippen molar-refractivity contribution in [2.24, 2.45) is 11.7 Å². The molecular formula is C12H17N5. The van der Waals surface area contributed by atoms with Crippen LogP contribution in [0.5, 0.6) is 0 Å². The topological polar surface area (TPSA) is 76.7 Å². The number of fused-ring (bicyclic) bond motifs is 1. The molecule has 2 aromatic rings. The maximum atomic E-state index is 5.72. The van der Waals surface area contributed by atoms with Crippen LogP contribution in [0.2, 0.25) is 0 Å². The minimum absolute atomic E-state index is 0.219. The van der Waals surface area contributed by atoms with Crippen LogP contribution in [0.4, 0.5) is 5.82 Å². The van der Waals surface area contributed by atoms with Crippen molar-refractivity contribution < 1.29 is 0 Å². The van der Waals surface area contributed by atoms with Crippen molar-refractivity contribution in [3.63, 3.8) is 0 Å². The average Bonchev–Trinajstić information content (AvgIpc) is 2.35. The zero-order valence-corrected chi connectivity index (χ0v) is 10.1. The number of anilines is 1. The van der Waals surface area contributed by atoms with E-state index in [1.807, 2.05) is 12.1 Å². The maximum Gasteiger partial charge on any atom is 0.180 e. The van der Waals surface area contributed by atoms with Gasteiger partial charge >= 0.3 is 0 Å². The van der Waals surface area contributed by atoms with Crippen molar-refractivity contribution in [2.75, 3.05) is 11.9 Å². The van der Waals surface area contributed by atoms with Gasteiger partial charge in [-0.2, -0.15) is 0 Å². The first kappa shape index (κ1) is 11.7. The number of pyridine rings is 1. The molecule has 0 spiro atoms. The number of aromatic nitrogens is 3. The molecule has 0 aliphatic heterocycles. The van der Waals surface area contributed by atoms with Gasteiger partial charge < -0.3 is 11.1 Å². The molecule has 1 atom stereocenters. The number of nitrogens with one attached hydrogen (secondary N) is 1. The van der Waals surface area contributed by atoms with Gasteiger partial charge in [0.05, 0.1) is 0 Å². The molecule has 0 aromatic carbocycles. The second-order valence-corrected chi connectivity index (χ2v) is 4.33. The normalized spacial score (nSPS) is 12.9. The Labute approximate surface area is 100 Å². The van der Waals surface area contributed by atoms with Crippen molar-refractivity contribution >= 4 is 17.0 Å². The predicted octanol–water partition coefficient (Wildman–Crippen LogP) is 1.42. The predicted molar refractivity (Wildman–Crippen MR) is 68.6 cm³/mol. The zero-order chi connectivity index (χ0) is 12.3. The first-order chi connectivity index (χ1) is 8.20. The highest BCUT2D eigenvalue weighted by molar-refractivity contribution is 5.71. The molecule has 0 fully saturated rings. The van der Waals surface area contributed by atoms with Crippen LogP contribution in [-0.2, 0) is 0 Å². The summed E-state index contributed by atoms with van der Waals surface area (Å²) in [7, 11) is 0. The molecule has 0 aliphatic carbocycles. The van der Waals surface area contributed by atoms with Crippen LogP contribution in [0, 0.1) is 5.92 Å². The molecule has 90 valence electrons. The van der Waals surface area contributed by atoms with Gasteiger partial charge in [0.2, 0.25) is 0 Å². The second-order valence-electron chi connectivity index (χ2n) is 4.33. The van der Waals surface area contributed by atoms with E-state index in [4.69, 9.17) is 5.73 Å². The molecule has 0 amide bonds. The van der Waals surface area contributed by atoms with Crippen LogP contribution in [0.3, 0.4) is 0 Å². The van der Waals surface area contributed by atoms with E-state index in [1.54, 1.807) is 12.4 Å². The van der Waals surface area contributed by atoms with Gasteiger partial charge in [-0.25, -0.2) is 9.97 Å². The van der Waals surface area contributed by atoms with Gasteiger partial charge in [0.25, 0.3) is 0 Å². The standard InChI is InChI=1S/C12H17N5/c1-8(2)10(7-13)16-11-4-3-9-12(17-11)15-6-5-14-9/h3-6,8,10H,7,13H2,1-2H3,(H,15,16,17). The molecule has 5 nitrogen and oxygen atoms in total. The smallest absolute Gasteiger partial charge is 0.180 e. The number of hydrogen-bond acceptors (Lipinski definition) is 5. The summed E-state index contributed by atoms with van der Waals surface area (Å²) in [6.45, 7) is 4.84. The fraction of sp³-hybridized carbons (Fsp3) is 0.417. The molecule has 2 aromatic heterocycles. The molecule has 17 heavy (non-hydrogen) atoms. The molecule has 5 heteroatoms. The fourth-order valence-electron chi connectivity index (χ4n) is 1.62. The number of nitrogens with two attached hydrogens (primary N) is 1. The summed E-state index contributed by atoms with van der Waals surface area (Å²) >= 11 is 0. The highest BCUT2D eigenvalue weighted by Crippen LogP contribution is 2.13. The Balaban J connectivity index is 2.24. The quantitative estimate of drug-likeness (QED) is 0.832. The van der Waals surface area contributed by atoms with Gasteiger partial charge in [-0.15, -0.1) is 0 Å². The van der Waals surface area contributed by atoms with Crippen molar-refractivity contribution in [2.45, 2.75) is 19.9 Å². The van der Waals surface area contributed by atoms with Crippen LogP contribution in [0.15, 0.2) is 24.5 Å². The van der Waals surface area contributed by atoms with Crippen LogP contribution in [0.25, 0.3) is 11.2 Å². The Morgan fingerprint density at radius 3 is 2.71 bits per heavy atom. The molecule has 2 heterocycles. The van der Waals surface area contributed by atoms with Crippen molar-refractivity contribution in [3.05, 3.63) is 24.5 Å². The third-order valence-corrected chi connectivity index (χ3v) is 2.72. The lowest BCUT2D eigenvalue weighted by molar-refractivity contribution is 0.530. The monoisotopic (exact) mass is 231 g/mol. The lowest BCUT2D eigenvalue weighted by Crippen LogP contribution is -2.34. The maximum absolute atomic E-state index is 5.72. The molecule has 0 radical (unpaired) electrons. The number of nitrogens with zero attached hydrogens (tertiary/aromatic N) is 3. The van der Waals surface area contributed by atoms with Crippen molar-refractivity contribution in [1.82, 2.24) is 15.0 Å². The van der Waals surface area contributed by atoms with Gasteiger partial charge in [0, 0.05) is 25.0 Å². The van der Waals surface area contributed by atoms with E-state index < -0.39 is 0 Å². The largest absolute Gasteiger partial charge is 0.366 e. The first-order valence-electron chi connectivity index (χ1n) is 5.75. The highest BCUT2D eigenvalue weighted by atomic mass is 15.1. The Hall–Kier alpha value is -1.75. The Morgan fingerprint density at radius 2 is 2.00 bits per heavy atom. The Kier molecular flexibility index (Phi) is 3.49. The second kappa shape index (κ2) is 5.05. The summed E-state index contributed by atoms with van der Waals surface area (Å²) in [5.74, 6) is 1.25. The lowest BCUT2D eigenvalue weighted by atomic mass is 10.1.